The number of hydrogen-bond acceptors (Lipinski definition) is 4. The lowest BCUT2D eigenvalue weighted by Gasteiger charge is -2.12. The van der Waals surface area contributed by atoms with Gasteiger partial charge in [-0.2, -0.15) is 5.10 Å². The van der Waals surface area contributed by atoms with E-state index in [-0.39, 0.29) is 5.91 Å². The number of rotatable bonds is 6. The maximum Gasteiger partial charge on any atom is 0.280 e. The van der Waals surface area contributed by atoms with Crippen LogP contribution in [0.3, 0.4) is 0 Å². The average molecular weight is 456 g/mol. The van der Waals surface area contributed by atoms with Crippen molar-refractivity contribution in [2.45, 2.75) is 13.0 Å². The number of carbonyl (C=O) groups excluding carboxylic acids is 1. The quantitative estimate of drug-likeness (QED) is 0.526. The highest BCUT2D eigenvalue weighted by atomic mass is 79.9. The van der Waals surface area contributed by atoms with E-state index in [1.54, 1.807) is 26.2 Å². The standard InChI is InChI=1S/C17H16Br2N2O3/c1-11(24-15-6-3-13(18)4-7-15)17(22)21-20-10-12-9-14(19)5-8-16(12)23-2/h3-11H,1-2H3,(H,21,22)/b20-10-/t11-/m0/s1. The molecular formula is C17H16Br2N2O3. The minimum Gasteiger partial charge on any atom is -0.496 e. The van der Waals surface area contributed by atoms with Gasteiger partial charge in [0.1, 0.15) is 11.5 Å². The monoisotopic (exact) mass is 454 g/mol. The molecule has 24 heavy (non-hydrogen) atoms. The van der Waals surface area contributed by atoms with Gasteiger partial charge < -0.3 is 9.47 Å². The van der Waals surface area contributed by atoms with Gasteiger partial charge in [0, 0.05) is 14.5 Å². The topological polar surface area (TPSA) is 59.9 Å². The van der Waals surface area contributed by atoms with Crippen LogP contribution in [-0.4, -0.2) is 25.3 Å². The number of nitrogens with zero attached hydrogens (tertiary/aromatic N) is 1. The Hall–Kier alpha value is -1.86. The summed E-state index contributed by atoms with van der Waals surface area (Å²) < 4.78 is 12.6. The molecule has 1 amide bonds. The summed E-state index contributed by atoms with van der Waals surface area (Å²) in [6.45, 7) is 1.66. The van der Waals surface area contributed by atoms with Crippen molar-refractivity contribution in [1.82, 2.24) is 5.43 Å². The molecule has 5 nitrogen and oxygen atoms in total. The van der Waals surface area contributed by atoms with Gasteiger partial charge in [0.25, 0.3) is 5.91 Å². The third-order valence-electron chi connectivity index (χ3n) is 3.07. The predicted octanol–water partition coefficient (Wildman–Crippen LogP) is 4.14. The van der Waals surface area contributed by atoms with Gasteiger partial charge in [0.05, 0.1) is 13.3 Å². The average Bonchev–Trinajstić information content (AvgIpc) is 2.57. The number of methoxy groups -OCH3 is 1. The summed E-state index contributed by atoms with van der Waals surface area (Å²) in [5.74, 6) is 0.928. The zero-order valence-electron chi connectivity index (χ0n) is 13.1. The van der Waals surface area contributed by atoms with E-state index in [1.165, 1.54) is 6.21 Å². The van der Waals surface area contributed by atoms with Crippen molar-refractivity contribution in [3.63, 3.8) is 0 Å². The first-order valence-corrected chi connectivity index (χ1v) is 8.67. The number of ether oxygens (including phenoxy) is 2. The lowest BCUT2D eigenvalue weighted by molar-refractivity contribution is -0.127. The van der Waals surface area contributed by atoms with Crippen LogP contribution in [0.15, 0.2) is 56.5 Å². The van der Waals surface area contributed by atoms with Crippen LogP contribution in [-0.2, 0) is 4.79 Å². The van der Waals surface area contributed by atoms with Crippen LogP contribution in [0, 0.1) is 0 Å². The molecule has 0 aliphatic rings. The van der Waals surface area contributed by atoms with Crippen LogP contribution in [0.4, 0.5) is 0 Å². The molecule has 0 fully saturated rings. The Balaban J connectivity index is 1.94. The van der Waals surface area contributed by atoms with E-state index in [2.05, 4.69) is 42.4 Å². The third-order valence-corrected chi connectivity index (χ3v) is 4.09. The summed E-state index contributed by atoms with van der Waals surface area (Å²) in [6.07, 6.45) is 0.848. The Bertz CT molecular complexity index is 733. The molecule has 2 aromatic rings. The van der Waals surface area contributed by atoms with Gasteiger partial charge in [-0.25, -0.2) is 5.43 Å². The van der Waals surface area contributed by atoms with Crippen molar-refractivity contribution in [1.29, 1.82) is 0 Å². The molecule has 0 saturated carbocycles. The molecule has 0 saturated heterocycles. The summed E-state index contributed by atoms with van der Waals surface area (Å²) in [6, 6.07) is 12.8. The highest BCUT2D eigenvalue weighted by Crippen LogP contribution is 2.21. The second-order valence-corrected chi connectivity index (χ2v) is 6.67. The van der Waals surface area contributed by atoms with E-state index in [9.17, 15) is 4.79 Å². The van der Waals surface area contributed by atoms with E-state index < -0.39 is 6.10 Å². The number of nitrogens with one attached hydrogen (secondary N) is 1. The summed E-state index contributed by atoms with van der Waals surface area (Å²) in [4.78, 5) is 12.0. The van der Waals surface area contributed by atoms with Crippen molar-refractivity contribution in [2.75, 3.05) is 7.11 Å². The molecule has 2 rings (SSSR count). The molecule has 0 spiro atoms. The molecule has 1 N–H and O–H groups in total. The third kappa shape index (κ3) is 5.35. The highest BCUT2D eigenvalue weighted by Gasteiger charge is 2.13. The second kappa shape index (κ2) is 8.84. The van der Waals surface area contributed by atoms with Crippen LogP contribution in [0.25, 0.3) is 0 Å². The molecule has 126 valence electrons. The predicted molar refractivity (Wildman–Crippen MR) is 101 cm³/mol. The normalized spacial score (nSPS) is 12.0. The molecule has 0 unspecified atom stereocenters. The van der Waals surface area contributed by atoms with Gasteiger partial charge in [0.2, 0.25) is 0 Å². The lowest BCUT2D eigenvalue weighted by Crippen LogP contribution is -2.33. The highest BCUT2D eigenvalue weighted by molar-refractivity contribution is 9.10. The Morgan fingerprint density at radius 2 is 1.83 bits per heavy atom. The number of benzene rings is 2. The molecule has 0 radical (unpaired) electrons. The van der Waals surface area contributed by atoms with Crippen molar-refractivity contribution in [2.24, 2.45) is 5.10 Å². The minimum absolute atomic E-state index is 0.344. The van der Waals surface area contributed by atoms with Crippen molar-refractivity contribution < 1.29 is 14.3 Å². The molecule has 0 bridgehead atoms. The Morgan fingerprint density at radius 1 is 1.17 bits per heavy atom. The molecule has 0 aliphatic carbocycles. The first-order valence-electron chi connectivity index (χ1n) is 7.08. The van der Waals surface area contributed by atoms with Crippen molar-refractivity contribution in [3.8, 4) is 11.5 Å². The van der Waals surface area contributed by atoms with Crippen LogP contribution in [0.1, 0.15) is 12.5 Å². The van der Waals surface area contributed by atoms with E-state index in [0.717, 1.165) is 14.5 Å². The first-order chi connectivity index (χ1) is 11.5. The number of amides is 1. The van der Waals surface area contributed by atoms with Gasteiger partial charge in [-0.15, -0.1) is 0 Å². The molecule has 1 atom stereocenters. The van der Waals surface area contributed by atoms with Gasteiger partial charge in [0.15, 0.2) is 6.10 Å². The molecule has 2 aromatic carbocycles. The zero-order valence-corrected chi connectivity index (χ0v) is 16.3. The number of halogens is 2. The van der Waals surface area contributed by atoms with Crippen molar-refractivity contribution >= 4 is 44.0 Å². The lowest BCUT2D eigenvalue weighted by atomic mass is 10.2. The molecular weight excluding hydrogens is 440 g/mol. The fourth-order valence-electron chi connectivity index (χ4n) is 1.83. The minimum atomic E-state index is -0.673. The summed E-state index contributed by atoms with van der Waals surface area (Å²) >= 11 is 6.73. The van der Waals surface area contributed by atoms with Crippen LogP contribution < -0.4 is 14.9 Å². The van der Waals surface area contributed by atoms with E-state index in [4.69, 9.17) is 9.47 Å². The Morgan fingerprint density at radius 3 is 2.50 bits per heavy atom. The Kier molecular flexibility index (Phi) is 6.81. The number of carbonyl (C=O) groups is 1. The first kappa shape index (κ1) is 18.5. The van der Waals surface area contributed by atoms with Gasteiger partial charge in [-0.3, -0.25) is 4.79 Å². The number of hydrogen-bond donors (Lipinski definition) is 1. The van der Waals surface area contributed by atoms with E-state index in [1.807, 2.05) is 30.3 Å². The largest absolute Gasteiger partial charge is 0.496 e. The van der Waals surface area contributed by atoms with E-state index in [0.29, 0.717) is 11.5 Å². The van der Waals surface area contributed by atoms with Gasteiger partial charge >= 0.3 is 0 Å². The van der Waals surface area contributed by atoms with E-state index >= 15 is 0 Å². The molecule has 0 aliphatic heterocycles. The van der Waals surface area contributed by atoms with Crippen LogP contribution in [0.2, 0.25) is 0 Å². The maximum atomic E-state index is 12.0. The summed E-state index contributed by atoms with van der Waals surface area (Å²) in [7, 11) is 1.58. The van der Waals surface area contributed by atoms with Crippen LogP contribution >= 0.6 is 31.9 Å². The smallest absolute Gasteiger partial charge is 0.280 e. The maximum absolute atomic E-state index is 12.0. The number of hydrazone groups is 1. The molecule has 7 heteroatoms. The van der Waals surface area contributed by atoms with Crippen molar-refractivity contribution in [3.05, 3.63) is 57.0 Å². The fraction of sp³-hybridized carbons (Fsp3) is 0.176. The zero-order chi connectivity index (χ0) is 17.5. The molecule has 0 heterocycles. The Labute approximate surface area is 157 Å². The fourth-order valence-corrected chi connectivity index (χ4v) is 2.48. The van der Waals surface area contributed by atoms with Crippen LogP contribution in [0.5, 0.6) is 11.5 Å². The second-order valence-electron chi connectivity index (χ2n) is 4.83. The molecule has 0 aromatic heterocycles. The van der Waals surface area contributed by atoms with Gasteiger partial charge in [-0.05, 0) is 49.4 Å². The SMILES string of the molecule is COc1ccc(Br)cc1/C=N\NC(=O)[C@H](C)Oc1ccc(Br)cc1. The van der Waals surface area contributed by atoms with Gasteiger partial charge in [-0.1, -0.05) is 31.9 Å². The summed E-state index contributed by atoms with van der Waals surface area (Å²) in [5, 5.41) is 3.96. The summed E-state index contributed by atoms with van der Waals surface area (Å²) in [5.41, 5.74) is 3.20.